The Balaban J connectivity index is 2.12. The quantitative estimate of drug-likeness (QED) is 0.938. The molecule has 0 radical (unpaired) electrons. The maximum absolute atomic E-state index is 13.5. The minimum absolute atomic E-state index is 0.0623. The minimum atomic E-state index is -1.04. The van der Waals surface area contributed by atoms with Gasteiger partial charge >= 0.3 is 0 Å². The Hall–Kier alpha value is -2.08. The molecule has 0 aliphatic rings. The summed E-state index contributed by atoms with van der Waals surface area (Å²) in [5.41, 5.74) is 0.590. The van der Waals surface area contributed by atoms with Gasteiger partial charge in [-0.2, -0.15) is 4.39 Å². The molecule has 0 spiro atoms. The van der Waals surface area contributed by atoms with E-state index in [2.05, 4.69) is 15.3 Å². The molecule has 0 amide bonds. The maximum Gasteiger partial charge on any atom is 0.238 e. The van der Waals surface area contributed by atoms with E-state index in [9.17, 15) is 8.78 Å². The topological polar surface area (TPSA) is 47.0 Å². The first kappa shape index (κ1) is 15.3. The van der Waals surface area contributed by atoms with Gasteiger partial charge in [0.2, 0.25) is 11.7 Å². The molecule has 0 unspecified atom stereocenters. The van der Waals surface area contributed by atoms with Gasteiger partial charge in [-0.1, -0.05) is 6.07 Å². The van der Waals surface area contributed by atoms with E-state index in [0.29, 0.717) is 12.2 Å². The fraction of sp³-hybridized carbons (Fsp3) is 0.333. The highest BCUT2D eigenvalue weighted by atomic mass is 19.2. The Labute approximate surface area is 122 Å². The van der Waals surface area contributed by atoms with Crippen molar-refractivity contribution in [2.45, 2.75) is 32.9 Å². The molecular formula is C15H17F2N3O. The molecule has 1 aromatic heterocycles. The third kappa shape index (κ3) is 4.46. The van der Waals surface area contributed by atoms with Gasteiger partial charge in [0.1, 0.15) is 0 Å². The average molecular weight is 293 g/mol. The van der Waals surface area contributed by atoms with Crippen LogP contribution in [0.25, 0.3) is 0 Å². The number of rotatable bonds is 4. The summed E-state index contributed by atoms with van der Waals surface area (Å²) < 4.78 is 31.9. The van der Waals surface area contributed by atoms with Crippen LogP contribution in [0.2, 0.25) is 0 Å². The number of ether oxygens (including phenoxy) is 1. The molecule has 21 heavy (non-hydrogen) atoms. The third-order valence-electron chi connectivity index (χ3n) is 2.59. The van der Waals surface area contributed by atoms with Crippen molar-refractivity contribution in [3.05, 3.63) is 47.9 Å². The fourth-order valence-electron chi connectivity index (χ4n) is 1.55. The number of hydrogen-bond donors (Lipinski definition) is 1. The molecule has 112 valence electrons. The predicted octanol–water partition coefficient (Wildman–Crippen LogP) is 3.44. The maximum atomic E-state index is 13.5. The van der Waals surface area contributed by atoms with E-state index in [1.165, 1.54) is 18.3 Å². The summed E-state index contributed by atoms with van der Waals surface area (Å²) in [5.74, 6) is -2.11. The third-order valence-corrected chi connectivity index (χ3v) is 2.59. The van der Waals surface area contributed by atoms with E-state index < -0.39 is 11.6 Å². The van der Waals surface area contributed by atoms with Gasteiger partial charge in [0, 0.05) is 18.3 Å². The molecule has 0 saturated heterocycles. The van der Waals surface area contributed by atoms with Crippen molar-refractivity contribution in [3.8, 4) is 11.6 Å². The zero-order chi connectivity index (χ0) is 15.5. The second-order valence-electron chi connectivity index (χ2n) is 5.61. The minimum Gasteiger partial charge on any atom is -0.434 e. The SMILES string of the molecule is CC(C)(C)NCc1cncc(Oc2cccc(F)c2F)n1. The van der Waals surface area contributed by atoms with Crippen LogP contribution in [-0.2, 0) is 6.54 Å². The number of nitrogens with zero attached hydrogens (tertiary/aromatic N) is 2. The smallest absolute Gasteiger partial charge is 0.238 e. The zero-order valence-corrected chi connectivity index (χ0v) is 12.2. The van der Waals surface area contributed by atoms with Crippen LogP contribution >= 0.6 is 0 Å². The van der Waals surface area contributed by atoms with E-state index in [-0.39, 0.29) is 17.2 Å². The summed E-state index contributed by atoms with van der Waals surface area (Å²) in [5, 5.41) is 3.26. The Kier molecular flexibility index (Phi) is 4.47. The van der Waals surface area contributed by atoms with Crippen molar-refractivity contribution in [1.82, 2.24) is 15.3 Å². The lowest BCUT2D eigenvalue weighted by atomic mass is 10.1. The number of halogens is 2. The summed E-state index contributed by atoms with van der Waals surface area (Å²) in [7, 11) is 0. The second kappa shape index (κ2) is 6.13. The summed E-state index contributed by atoms with van der Waals surface area (Å²) in [6.07, 6.45) is 2.94. The lowest BCUT2D eigenvalue weighted by molar-refractivity contribution is 0.396. The fourth-order valence-corrected chi connectivity index (χ4v) is 1.55. The number of hydrogen-bond acceptors (Lipinski definition) is 4. The van der Waals surface area contributed by atoms with Crippen LogP contribution in [0.15, 0.2) is 30.6 Å². The number of benzene rings is 1. The molecule has 0 bridgehead atoms. The Morgan fingerprint density at radius 1 is 1.19 bits per heavy atom. The van der Waals surface area contributed by atoms with Gasteiger partial charge in [-0.05, 0) is 32.9 Å². The van der Waals surface area contributed by atoms with Crippen LogP contribution in [0.1, 0.15) is 26.5 Å². The normalized spacial score (nSPS) is 11.5. The summed E-state index contributed by atoms with van der Waals surface area (Å²) in [6, 6.07) is 3.73. The highest BCUT2D eigenvalue weighted by Gasteiger charge is 2.12. The van der Waals surface area contributed by atoms with Gasteiger partial charge in [-0.25, -0.2) is 9.37 Å². The van der Waals surface area contributed by atoms with Crippen molar-refractivity contribution in [2.75, 3.05) is 0 Å². The number of aromatic nitrogens is 2. The Morgan fingerprint density at radius 3 is 2.67 bits per heavy atom. The standard InChI is InChI=1S/C15H17F2N3O/c1-15(2,3)19-8-10-7-18-9-13(20-10)21-12-6-4-5-11(16)14(12)17/h4-7,9,19H,8H2,1-3H3. The van der Waals surface area contributed by atoms with Crippen LogP contribution in [0.5, 0.6) is 11.6 Å². The molecule has 4 nitrogen and oxygen atoms in total. The van der Waals surface area contributed by atoms with E-state index >= 15 is 0 Å². The van der Waals surface area contributed by atoms with Crippen molar-refractivity contribution in [2.24, 2.45) is 0 Å². The molecule has 2 aromatic rings. The van der Waals surface area contributed by atoms with E-state index in [1.807, 2.05) is 20.8 Å². The predicted molar refractivity (Wildman–Crippen MR) is 75.1 cm³/mol. The second-order valence-corrected chi connectivity index (χ2v) is 5.61. The molecule has 2 rings (SSSR count). The van der Waals surface area contributed by atoms with Gasteiger partial charge < -0.3 is 10.1 Å². The van der Waals surface area contributed by atoms with Crippen LogP contribution in [0.4, 0.5) is 8.78 Å². The Morgan fingerprint density at radius 2 is 1.95 bits per heavy atom. The molecule has 1 aromatic carbocycles. The van der Waals surface area contributed by atoms with Crippen molar-refractivity contribution < 1.29 is 13.5 Å². The van der Waals surface area contributed by atoms with Crippen LogP contribution in [0.3, 0.4) is 0 Å². The van der Waals surface area contributed by atoms with Gasteiger partial charge in [-0.15, -0.1) is 0 Å². The summed E-state index contributed by atoms with van der Waals surface area (Å²) in [6.45, 7) is 6.59. The first-order valence-corrected chi connectivity index (χ1v) is 6.53. The van der Waals surface area contributed by atoms with Crippen molar-refractivity contribution >= 4 is 0 Å². The van der Waals surface area contributed by atoms with Crippen molar-refractivity contribution in [1.29, 1.82) is 0 Å². The molecule has 1 N–H and O–H groups in total. The molecule has 0 saturated carbocycles. The first-order valence-electron chi connectivity index (χ1n) is 6.53. The van der Waals surface area contributed by atoms with Crippen LogP contribution in [-0.4, -0.2) is 15.5 Å². The number of nitrogens with one attached hydrogen (secondary N) is 1. The lowest BCUT2D eigenvalue weighted by Crippen LogP contribution is -2.35. The van der Waals surface area contributed by atoms with E-state index in [1.54, 1.807) is 6.20 Å². The van der Waals surface area contributed by atoms with E-state index in [4.69, 9.17) is 4.74 Å². The largest absolute Gasteiger partial charge is 0.434 e. The molecule has 6 heteroatoms. The average Bonchev–Trinajstić information content (AvgIpc) is 2.41. The van der Waals surface area contributed by atoms with Gasteiger partial charge in [0.15, 0.2) is 11.6 Å². The molecule has 0 fully saturated rings. The molecule has 0 aliphatic carbocycles. The van der Waals surface area contributed by atoms with Gasteiger partial charge in [0.05, 0.1) is 11.9 Å². The lowest BCUT2D eigenvalue weighted by Gasteiger charge is -2.20. The van der Waals surface area contributed by atoms with E-state index in [0.717, 1.165) is 6.07 Å². The van der Waals surface area contributed by atoms with Gasteiger partial charge in [-0.3, -0.25) is 4.98 Å². The van der Waals surface area contributed by atoms with Crippen LogP contribution < -0.4 is 10.1 Å². The van der Waals surface area contributed by atoms with Gasteiger partial charge in [0.25, 0.3) is 0 Å². The monoisotopic (exact) mass is 293 g/mol. The summed E-state index contributed by atoms with van der Waals surface area (Å²) in [4.78, 5) is 8.20. The molecule has 0 atom stereocenters. The molecule has 0 aliphatic heterocycles. The zero-order valence-electron chi connectivity index (χ0n) is 12.2. The first-order chi connectivity index (χ1) is 9.85. The highest BCUT2D eigenvalue weighted by molar-refractivity contribution is 5.28. The Bertz CT molecular complexity index is 627. The molecule has 1 heterocycles. The molecular weight excluding hydrogens is 276 g/mol. The van der Waals surface area contributed by atoms with Crippen LogP contribution in [0, 0.1) is 11.6 Å². The summed E-state index contributed by atoms with van der Waals surface area (Å²) >= 11 is 0. The highest BCUT2D eigenvalue weighted by Crippen LogP contribution is 2.24. The van der Waals surface area contributed by atoms with Crippen molar-refractivity contribution in [3.63, 3.8) is 0 Å².